The summed E-state index contributed by atoms with van der Waals surface area (Å²) in [4.78, 5) is 24.0. The molecule has 0 radical (unpaired) electrons. The molecule has 20 heavy (non-hydrogen) atoms. The first-order valence-electron chi connectivity index (χ1n) is 6.57. The number of aliphatic carboxylic acids is 1. The maximum Gasteiger partial charge on any atom is 0.323 e. The van der Waals surface area contributed by atoms with E-state index in [4.69, 9.17) is 9.84 Å². The topological polar surface area (TPSA) is 78.9 Å². The number of urea groups is 1. The maximum absolute atomic E-state index is 12.0. The number of nitrogens with one attached hydrogen (secondary N) is 1. The molecule has 110 valence electrons. The van der Waals surface area contributed by atoms with E-state index in [2.05, 4.69) is 5.32 Å². The van der Waals surface area contributed by atoms with E-state index in [1.165, 1.54) is 4.90 Å². The van der Waals surface area contributed by atoms with Crippen LogP contribution in [0.5, 0.6) is 5.75 Å². The molecule has 0 unspecified atom stereocenters. The number of nitrogens with zero attached hydrogens (tertiary/aromatic N) is 1. The van der Waals surface area contributed by atoms with Gasteiger partial charge in [0.15, 0.2) is 0 Å². The highest BCUT2D eigenvalue weighted by Gasteiger charge is 2.15. The summed E-state index contributed by atoms with van der Waals surface area (Å²) in [7, 11) is 0. The Balaban J connectivity index is 2.64. The number of carbonyl (C=O) groups excluding carboxylic acids is 1. The van der Waals surface area contributed by atoms with Crippen LogP contribution >= 0.6 is 0 Å². The third kappa shape index (κ3) is 5.17. The standard InChI is InChI=1S/C14H20N2O4/c1-3-9-16(10-13(17)18)14(19)15-11-5-7-12(8-6-11)20-4-2/h5-8H,3-4,9-10H2,1-2H3,(H,15,19)(H,17,18). The predicted molar refractivity (Wildman–Crippen MR) is 76.1 cm³/mol. The molecule has 1 aromatic rings. The summed E-state index contributed by atoms with van der Waals surface area (Å²) >= 11 is 0. The van der Waals surface area contributed by atoms with Crippen LogP contribution in [0.15, 0.2) is 24.3 Å². The first-order valence-corrected chi connectivity index (χ1v) is 6.57. The highest BCUT2D eigenvalue weighted by Crippen LogP contribution is 2.16. The highest BCUT2D eigenvalue weighted by molar-refractivity contribution is 5.91. The molecule has 1 rings (SSSR count). The Kier molecular flexibility index (Phi) is 6.36. The number of ether oxygens (including phenoxy) is 1. The van der Waals surface area contributed by atoms with Crippen LogP contribution in [-0.2, 0) is 4.79 Å². The fourth-order valence-corrected chi connectivity index (χ4v) is 1.69. The number of hydrogen-bond donors (Lipinski definition) is 2. The molecule has 0 spiro atoms. The van der Waals surface area contributed by atoms with Crippen molar-refractivity contribution in [1.29, 1.82) is 0 Å². The molecule has 2 N–H and O–H groups in total. The average molecular weight is 280 g/mol. The normalized spacial score (nSPS) is 9.90. The first kappa shape index (κ1) is 15.8. The van der Waals surface area contributed by atoms with Crippen molar-refractivity contribution in [3.8, 4) is 5.75 Å². The van der Waals surface area contributed by atoms with E-state index in [0.29, 0.717) is 25.3 Å². The van der Waals surface area contributed by atoms with E-state index >= 15 is 0 Å². The number of carboxylic acid groups (broad SMARTS) is 1. The van der Waals surface area contributed by atoms with Crippen LogP contribution in [0.3, 0.4) is 0 Å². The van der Waals surface area contributed by atoms with Gasteiger partial charge in [0.2, 0.25) is 0 Å². The second-order valence-electron chi connectivity index (χ2n) is 4.20. The van der Waals surface area contributed by atoms with E-state index in [1.54, 1.807) is 24.3 Å². The van der Waals surface area contributed by atoms with Crippen LogP contribution in [0.1, 0.15) is 20.3 Å². The zero-order chi connectivity index (χ0) is 15.0. The lowest BCUT2D eigenvalue weighted by Crippen LogP contribution is -2.39. The molecule has 0 aromatic heterocycles. The summed E-state index contributed by atoms with van der Waals surface area (Å²) in [6, 6.07) is 6.51. The Morgan fingerprint density at radius 3 is 2.40 bits per heavy atom. The van der Waals surface area contributed by atoms with Gasteiger partial charge in [-0.2, -0.15) is 0 Å². The molecule has 0 aliphatic carbocycles. The van der Waals surface area contributed by atoms with Crippen LogP contribution < -0.4 is 10.1 Å². The van der Waals surface area contributed by atoms with Crippen molar-refractivity contribution in [3.63, 3.8) is 0 Å². The number of benzene rings is 1. The number of carboxylic acids is 1. The summed E-state index contributed by atoms with van der Waals surface area (Å²) in [5.74, 6) is -0.304. The third-order valence-corrected chi connectivity index (χ3v) is 2.52. The highest BCUT2D eigenvalue weighted by atomic mass is 16.5. The SMILES string of the molecule is CCCN(CC(=O)O)C(=O)Nc1ccc(OCC)cc1. The van der Waals surface area contributed by atoms with Crippen molar-refractivity contribution in [2.75, 3.05) is 25.0 Å². The third-order valence-electron chi connectivity index (χ3n) is 2.52. The van der Waals surface area contributed by atoms with Gasteiger partial charge in [0, 0.05) is 12.2 Å². The van der Waals surface area contributed by atoms with Gasteiger partial charge in [-0.3, -0.25) is 4.79 Å². The first-order chi connectivity index (χ1) is 9.56. The molecule has 6 heteroatoms. The van der Waals surface area contributed by atoms with Crippen LogP contribution in [0.4, 0.5) is 10.5 Å². The Labute approximate surface area is 118 Å². The van der Waals surface area contributed by atoms with E-state index in [1.807, 2.05) is 13.8 Å². The molecule has 2 amide bonds. The monoisotopic (exact) mass is 280 g/mol. The van der Waals surface area contributed by atoms with Crippen molar-refractivity contribution in [2.45, 2.75) is 20.3 Å². The Morgan fingerprint density at radius 2 is 1.90 bits per heavy atom. The number of carbonyl (C=O) groups is 2. The summed E-state index contributed by atoms with van der Waals surface area (Å²) < 4.78 is 5.30. The molecule has 1 aromatic carbocycles. The van der Waals surface area contributed by atoms with Gasteiger partial charge in [0.25, 0.3) is 0 Å². The molecule has 0 atom stereocenters. The fourth-order valence-electron chi connectivity index (χ4n) is 1.69. The molecule has 0 aliphatic rings. The zero-order valence-electron chi connectivity index (χ0n) is 11.8. The van der Waals surface area contributed by atoms with E-state index < -0.39 is 12.0 Å². The number of rotatable bonds is 7. The summed E-state index contributed by atoms with van der Waals surface area (Å²) in [5.41, 5.74) is 0.602. The Hall–Kier alpha value is -2.24. The van der Waals surface area contributed by atoms with Gasteiger partial charge in [0.1, 0.15) is 12.3 Å². The predicted octanol–water partition coefficient (Wildman–Crippen LogP) is 2.41. The second kappa shape index (κ2) is 8.04. The van der Waals surface area contributed by atoms with Gasteiger partial charge < -0.3 is 20.1 Å². The van der Waals surface area contributed by atoms with Gasteiger partial charge >= 0.3 is 12.0 Å². The summed E-state index contributed by atoms with van der Waals surface area (Å²) in [6.45, 7) is 4.45. The van der Waals surface area contributed by atoms with Crippen LogP contribution in [0.25, 0.3) is 0 Å². The van der Waals surface area contributed by atoms with Gasteiger partial charge in [0.05, 0.1) is 6.61 Å². The summed E-state index contributed by atoms with van der Waals surface area (Å²) in [6.07, 6.45) is 0.698. The molecular weight excluding hydrogens is 260 g/mol. The lowest BCUT2D eigenvalue weighted by molar-refractivity contribution is -0.137. The van der Waals surface area contributed by atoms with Crippen LogP contribution in [0, 0.1) is 0 Å². The molecule has 0 heterocycles. The quantitative estimate of drug-likeness (QED) is 0.804. The molecule has 0 fully saturated rings. The van der Waals surface area contributed by atoms with Crippen molar-refractivity contribution < 1.29 is 19.4 Å². The number of hydrogen-bond acceptors (Lipinski definition) is 3. The summed E-state index contributed by atoms with van der Waals surface area (Å²) in [5, 5.41) is 11.5. The van der Waals surface area contributed by atoms with E-state index in [-0.39, 0.29) is 6.54 Å². The van der Waals surface area contributed by atoms with Gasteiger partial charge in [-0.1, -0.05) is 6.92 Å². The lowest BCUT2D eigenvalue weighted by Gasteiger charge is -2.20. The second-order valence-corrected chi connectivity index (χ2v) is 4.20. The Bertz CT molecular complexity index is 445. The molecule has 6 nitrogen and oxygen atoms in total. The van der Waals surface area contributed by atoms with E-state index in [0.717, 1.165) is 5.75 Å². The molecule has 0 bridgehead atoms. The van der Waals surface area contributed by atoms with Gasteiger partial charge in [-0.25, -0.2) is 4.79 Å². The Morgan fingerprint density at radius 1 is 1.25 bits per heavy atom. The van der Waals surface area contributed by atoms with E-state index in [9.17, 15) is 9.59 Å². The minimum Gasteiger partial charge on any atom is -0.494 e. The minimum absolute atomic E-state index is 0.309. The van der Waals surface area contributed by atoms with Gasteiger partial charge in [-0.05, 0) is 37.6 Å². The van der Waals surface area contributed by atoms with Crippen LogP contribution in [-0.4, -0.2) is 41.7 Å². The molecule has 0 saturated heterocycles. The smallest absolute Gasteiger partial charge is 0.323 e. The van der Waals surface area contributed by atoms with Crippen molar-refractivity contribution in [1.82, 2.24) is 4.90 Å². The molecular formula is C14H20N2O4. The average Bonchev–Trinajstić information content (AvgIpc) is 2.40. The zero-order valence-corrected chi connectivity index (χ0v) is 11.8. The maximum atomic E-state index is 12.0. The fraction of sp³-hybridized carbons (Fsp3) is 0.429. The molecule has 0 aliphatic heterocycles. The van der Waals surface area contributed by atoms with Crippen LogP contribution in [0.2, 0.25) is 0 Å². The van der Waals surface area contributed by atoms with Crippen molar-refractivity contribution in [2.24, 2.45) is 0 Å². The van der Waals surface area contributed by atoms with Crippen molar-refractivity contribution >= 4 is 17.7 Å². The number of amides is 2. The van der Waals surface area contributed by atoms with Gasteiger partial charge in [-0.15, -0.1) is 0 Å². The molecule has 0 saturated carbocycles. The van der Waals surface area contributed by atoms with Crippen molar-refractivity contribution in [3.05, 3.63) is 24.3 Å². The minimum atomic E-state index is -1.03. The largest absolute Gasteiger partial charge is 0.494 e. The number of anilines is 1. The lowest BCUT2D eigenvalue weighted by atomic mass is 10.3.